The number of thiocarbonyl (C=S) groups is 1. The molecule has 1 aromatic carbocycles. The summed E-state index contributed by atoms with van der Waals surface area (Å²) in [6, 6.07) is 9.70. The van der Waals surface area contributed by atoms with Crippen molar-refractivity contribution in [2.24, 2.45) is 0 Å². The maximum atomic E-state index is 12.1. The van der Waals surface area contributed by atoms with Gasteiger partial charge in [-0.15, -0.1) is 0 Å². The molecule has 0 saturated heterocycles. The lowest BCUT2D eigenvalue weighted by atomic mass is 10.0. The third-order valence-electron chi connectivity index (χ3n) is 2.97. The van der Waals surface area contributed by atoms with Crippen LogP contribution in [0.15, 0.2) is 30.3 Å². The molecule has 0 unspecified atom stereocenters. The monoisotopic (exact) mass is 264 g/mol. The molecule has 0 aromatic heterocycles. The lowest BCUT2D eigenvalue weighted by Gasteiger charge is -2.23. The van der Waals surface area contributed by atoms with Gasteiger partial charge < -0.3 is 10.2 Å². The number of nitrogens with one attached hydrogen (secondary N) is 1. The zero-order valence-electron chi connectivity index (χ0n) is 11.1. The molecule has 0 aliphatic carbocycles. The van der Waals surface area contributed by atoms with Crippen molar-refractivity contribution in [3.8, 4) is 0 Å². The number of rotatable bonds is 4. The van der Waals surface area contributed by atoms with Crippen molar-refractivity contribution >= 4 is 23.2 Å². The molecule has 1 rings (SSSR count). The molecular formula is C14H20N2OS. The fourth-order valence-corrected chi connectivity index (χ4v) is 2.06. The molecule has 0 bridgehead atoms. The molecule has 0 saturated carbocycles. The van der Waals surface area contributed by atoms with Crippen LogP contribution in [0.1, 0.15) is 32.3 Å². The maximum absolute atomic E-state index is 12.1. The first-order chi connectivity index (χ1) is 8.60. The van der Waals surface area contributed by atoms with E-state index in [0.717, 1.165) is 18.7 Å². The van der Waals surface area contributed by atoms with Crippen LogP contribution in [0.2, 0.25) is 0 Å². The number of nitrogens with zero attached hydrogens (tertiary/aromatic N) is 1. The van der Waals surface area contributed by atoms with Gasteiger partial charge >= 0.3 is 0 Å². The van der Waals surface area contributed by atoms with E-state index < -0.39 is 0 Å². The number of benzene rings is 1. The van der Waals surface area contributed by atoms with E-state index in [0.29, 0.717) is 5.11 Å². The SMILES string of the molecule is CCN(CC)C(=S)NC(=O)[C@H](C)c1ccccc1. The lowest BCUT2D eigenvalue weighted by molar-refractivity contribution is -0.120. The average Bonchev–Trinajstić information content (AvgIpc) is 2.40. The molecule has 0 heterocycles. The van der Waals surface area contributed by atoms with E-state index >= 15 is 0 Å². The van der Waals surface area contributed by atoms with E-state index in [9.17, 15) is 4.79 Å². The highest BCUT2D eigenvalue weighted by atomic mass is 32.1. The largest absolute Gasteiger partial charge is 0.350 e. The molecule has 0 fully saturated rings. The number of hydrogen-bond acceptors (Lipinski definition) is 2. The number of carbonyl (C=O) groups excluding carboxylic acids is 1. The molecule has 1 amide bonds. The van der Waals surface area contributed by atoms with E-state index in [1.807, 2.05) is 56.0 Å². The summed E-state index contributed by atoms with van der Waals surface area (Å²) in [4.78, 5) is 14.0. The summed E-state index contributed by atoms with van der Waals surface area (Å²) in [6.07, 6.45) is 0. The van der Waals surface area contributed by atoms with Crippen LogP contribution in [-0.2, 0) is 4.79 Å². The molecule has 18 heavy (non-hydrogen) atoms. The van der Waals surface area contributed by atoms with Crippen molar-refractivity contribution in [2.45, 2.75) is 26.7 Å². The second-order valence-corrected chi connectivity index (χ2v) is 4.49. The number of hydrogen-bond donors (Lipinski definition) is 1. The summed E-state index contributed by atoms with van der Waals surface area (Å²) < 4.78 is 0. The van der Waals surface area contributed by atoms with E-state index in [1.165, 1.54) is 0 Å². The molecule has 0 radical (unpaired) electrons. The Morgan fingerprint density at radius 2 is 1.83 bits per heavy atom. The lowest BCUT2D eigenvalue weighted by Crippen LogP contribution is -2.43. The molecule has 0 aliphatic rings. The van der Waals surface area contributed by atoms with Gasteiger partial charge in [-0.05, 0) is 38.6 Å². The van der Waals surface area contributed by atoms with Crippen LogP contribution in [0.3, 0.4) is 0 Å². The normalized spacial score (nSPS) is 11.7. The van der Waals surface area contributed by atoms with E-state index in [2.05, 4.69) is 5.32 Å². The minimum Gasteiger partial charge on any atom is -0.350 e. The fourth-order valence-electron chi connectivity index (χ4n) is 1.70. The van der Waals surface area contributed by atoms with E-state index in [1.54, 1.807) is 0 Å². The van der Waals surface area contributed by atoms with Gasteiger partial charge in [0.15, 0.2) is 5.11 Å². The summed E-state index contributed by atoms with van der Waals surface area (Å²) in [7, 11) is 0. The zero-order valence-corrected chi connectivity index (χ0v) is 12.0. The van der Waals surface area contributed by atoms with E-state index in [-0.39, 0.29) is 11.8 Å². The molecule has 3 nitrogen and oxygen atoms in total. The Balaban J connectivity index is 2.63. The van der Waals surface area contributed by atoms with Gasteiger partial charge in [0, 0.05) is 13.1 Å². The molecular weight excluding hydrogens is 244 g/mol. The summed E-state index contributed by atoms with van der Waals surface area (Å²) in [5, 5.41) is 3.31. The van der Waals surface area contributed by atoms with Crippen LogP contribution in [-0.4, -0.2) is 29.0 Å². The highest BCUT2D eigenvalue weighted by Crippen LogP contribution is 2.14. The van der Waals surface area contributed by atoms with Crippen LogP contribution in [0, 0.1) is 0 Å². The predicted octanol–water partition coefficient (Wildman–Crippen LogP) is 2.53. The Kier molecular flexibility index (Phi) is 5.78. The molecule has 1 aromatic rings. The fraction of sp³-hybridized carbons (Fsp3) is 0.429. The van der Waals surface area contributed by atoms with E-state index in [4.69, 9.17) is 12.2 Å². The van der Waals surface area contributed by atoms with Crippen molar-refractivity contribution in [3.05, 3.63) is 35.9 Å². The Morgan fingerprint density at radius 1 is 1.28 bits per heavy atom. The molecule has 1 N–H and O–H groups in total. The first kappa shape index (κ1) is 14.6. The van der Waals surface area contributed by atoms with Gasteiger partial charge in [-0.25, -0.2) is 0 Å². The van der Waals surface area contributed by atoms with Crippen molar-refractivity contribution in [3.63, 3.8) is 0 Å². The second-order valence-electron chi connectivity index (χ2n) is 4.10. The number of amides is 1. The molecule has 4 heteroatoms. The molecule has 1 atom stereocenters. The van der Waals surface area contributed by atoms with Crippen LogP contribution < -0.4 is 5.32 Å². The highest BCUT2D eigenvalue weighted by molar-refractivity contribution is 7.80. The van der Waals surface area contributed by atoms with Crippen LogP contribution in [0.25, 0.3) is 0 Å². The van der Waals surface area contributed by atoms with Gasteiger partial charge in [0.1, 0.15) is 0 Å². The van der Waals surface area contributed by atoms with Crippen LogP contribution in [0.5, 0.6) is 0 Å². The second kappa shape index (κ2) is 7.11. The van der Waals surface area contributed by atoms with Gasteiger partial charge in [0.05, 0.1) is 5.92 Å². The van der Waals surface area contributed by atoms with Gasteiger partial charge in [-0.3, -0.25) is 4.79 Å². The maximum Gasteiger partial charge on any atom is 0.233 e. The predicted molar refractivity (Wildman–Crippen MR) is 78.5 cm³/mol. The van der Waals surface area contributed by atoms with Gasteiger partial charge in [0.2, 0.25) is 5.91 Å². The average molecular weight is 264 g/mol. The van der Waals surface area contributed by atoms with Crippen LogP contribution in [0.4, 0.5) is 0 Å². The first-order valence-electron chi connectivity index (χ1n) is 6.24. The Hall–Kier alpha value is -1.42. The highest BCUT2D eigenvalue weighted by Gasteiger charge is 2.17. The smallest absolute Gasteiger partial charge is 0.233 e. The number of carbonyl (C=O) groups is 1. The third kappa shape index (κ3) is 3.81. The van der Waals surface area contributed by atoms with Crippen molar-refractivity contribution in [1.82, 2.24) is 10.2 Å². The summed E-state index contributed by atoms with van der Waals surface area (Å²) >= 11 is 5.21. The summed E-state index contributed by atoms with van der Waals surface area (Å²) in [5.74, 6) is -0.252. The quantitative estimate of drug-likeness (QED) is 0.848. The van der Waals surface area contributed by atoms with Crippen LogP contribution >= 0.6 is 12.2 Å². The third-order valence-corrected chi connectivity index (χ3v) is 3.33. The van der Waals surface area contributed by atoms with Gasteiger partial charge in [0.25, 0.3) is 0 Å². The van der Waals surface area contributed by atoms with Crippen molar-refractivity contribution < 1.29 is 4.79 Å². The molecule has 0 aliphatic heterocycles. The summed E-state index contributed by atoms with van der Waals surface area (Å²) in [5.41, 5.74) is 0.998. The van der Waals surface area contributed by atoms with Crippen molar-refractivity contribution in [1.29, 1.82) is 0 Å². The Morgan fingerprint density at radius 3 is 2.33 bits per heavy atom. The minimum atomic E-state index is -0.195. The molecule has 0 spiro atoms. The van der Waals surface area contributed by atoms with Gasteiger partial charge in [-0.1, -0.05) is 30.3 Å². The zero-order chi connectivity index (χ0) is 13.5. The molecule has 98 valence electrons. The Labute approximate surface area is 114 Å². The Bertz CT molecular complexity index is 402. The first-order valence-corrected chi connectivity index (χ1v) is 6.65. The standard InChI is InChI=1S/C14H20N2OS/c1-4-16(5-2)14(18)15-13(17)11(3)12-9-7-6-8-10-12/h6-11H,4-5H2,1-3H3,(H,15,17,18)/t11-/m1/s1. The minimum absolute atomic E-state index is 0.0573. The van der Waals surface area contributed by atoms with Gasteiger partial charge in [-0.2, -0.15) is 0 Å². The van der Waals surface area contributed by atoms with Crippen molar-refractivity contribution in [2.75, 3.05) is 13.1 Å². The topological polar surface area (TPSA) is 32.3 Å². The summed E-state index contributed by atoms with van der Waals surface area (Å²) in [6.45, 7) is 7.52.